The highest BCUT2D eigenvalue weighted by atomic mass is 16.3. The van der Waals surface area contributed by atoms with Crippen molar-refractivity contribution in [2.24, 2.45) is 0 Å². The predicted molar refractivity (Wildman–Crippen MR) is 265 cm³/mol. The third-order valence-electron chi connectivity index (χ3n) is 13.1. The van der Waals surface area contributed by atoms with E-state index in [9.17, 15) is 0 Å². The second kappa shape index (κ2) is 13.4. The van der Waals surface area contributed by atoms with Gasteiger partial charge in [-0.15, -0.1) is 0 Å². The molecule has 0 bridgehead atoms. The SMILES string of the molecule is c1ccc2cc(-c3nc(-c4cc5ccccc5c5ccccc45)nc(-c4cc(-n5c6cc7ccccc7cc6c6c7ccccc7ccc65)cc5c4oc4ccccc45)n3)ccc2c1. The predicted octanol–water partition coefficient (Wildman–Crippen LogP) is 15.6. The van der Waals surface area contributed by atoms with Crippen molar-refractivity contribution in [3.05, 3.63) is 206 Å². The molecule has 5 nitrogen and oxygen atoms in total. The molecule has 296 valence electrons. The molecule has 11 aromatic carbocycles. The topological polar surface area (TPSA) is 56.7 Å². The summed E-state index contributed by atoms with van der Waals surface area (Å²) in [5, 5.41) is 16.1. The van der Waals surface area contributed by atoms with E-state index >= 15 is 0 Å². The number of benzene rings is 11. The van der Waals surface area contributed by atoms with Crippen LogP contribution in [-0.4, -0.2) is 19.5 Å². The van der Waals surface area contributed by atoms with Gasteiger partial charge in [0.1, 0.15) is 11.2 Å². The lowest BCUT2D eigenvalue weighted by Gasteiger charge is -2.14. The van der Waals surface area contributed by atoms with Gasteiger partial charge >= 0.3 is 0 Å². The molecule has 0 fully saturated rings. The van der Waals surface area contributed by atoms with Gasteiger partial charge in [0.2, 0.25) is 0 Å². The molecule has 0 aliphatic carbocycles. The Morgan fingerprint density at radius 2 is 0.922 bits per heavy atom. The highest BCUT2D eigenvalue weighted by molar-refractivity contribution is 6.24. The molecular formula is C59H34N4O. The molecule has 3 heterocycles. The summed E-state index contributed by atoms with van der Waals surface area (Å²) in [5.41, 5.74) is 7.41. The number of rotatable bonds is 4. The normalized spacial score (nSPS) is 12.1. The molecular weight excluding hydrogens is 781 g/mol. The van der Waals surface area contributed by atoms with E-state index in [0.717, 1.165) is 82.3 Å². The lowest BCUT2D eigenvalue weighted by atomic mass is 9.96. The van der Waals surface area contributed by atoms with E-state index in [1.165, 1.54) is 37.7 Å². The lowest BCUT2D eigenvalue weighted by Crippen LogP contribution is -2.02. The number of furan rings is 1. The first-order chi connectivity index (χ1) is 31.7. The molecule has 0 aliphatic heterocycles. The smallest absolute Gasteiger partial charge is 0.167 e. The van der Waals surface area contributed by atoms with Crippen LogP contribution < -0.4 is 0 Å². The molecule has 0 saturated carbocycles. The summed E-state index contributed by atoms with van der Waals surface area (Å²) in [5.74, 6) is 1.72. The second-order valence-corrected chi connectivity index (χ2v) is 16.8. The molecule has 64 heavy (non-hydrogen) atoms. The number of hydrogen-bond donors (Lipinski definition) is 0. The monoisotopic (exact) mass is 814 g/mol. The molecule has 14 rings (SSSR count). The van der Waals surface area contributed by atoms with E-state index < -0.39 is 0 Å². The van der Waals surface area contributed by atoms with Gasteiger partial charge in [0.05, 0.1) is 16.6 Å². The summed E-state index contributed by atoms with van der Waals surface area (Å²) in [4.78, 5) is 16.2. The molecule has 3 aromatic heterocycles. The summed E-state index contributed by atoms with van der Waals surface area (Å²) in [6.45, 7) is 0. The Labute approximate surface area is 366 Å². The quantitative estimate of drug-likeness (QED) is 0.166. The fraction of sp³-hybridized carbons (Fsp3) is 0. The highest BCUT2D eigenvalue weighted by Gasteiger charge is 2.23. The maximum absolute atomic E-state index is 6.87. The van der Waals surface area contributed by atoms with Crippen LogP contribution >= 0.6 is 0 Å². The van der Waals surface area contributed by atoms with Crippen LogP contribution in [0.3, 0.4) is 0 Å². The van der Waals surface area contributed by atoms with Gasteiger partial charge in [-0.1, -0.05) is 158 Å². The number of para-hydroxylation sites is 1. The number of fused-ring (bicyclic) bond motifs is 13. The third kappa shape index (κ3) is 5.22. The zero-order valence-electron chi connectivity index (χ0n) is 34.3. The van der Waals surface area contributed by atoms with Crippen LogP contribution in [0, 0.1) is 0 Å². The van der Waals surface area contributed by atoms with E-state index in [2.05, 4.69) is 199 Å². The van der Waals surface area contributed by atoms with Crippen molar-refractivity contribution >= 4 is 97.6 Å². The van der Waals surface area contributed by atoms with Crippen molar-refractivity contribution in [3.8, 4) is 39.9 Å². The minimum Gasteiger partial charge on any atom is -0.455 e. The van der Waals surface area contributed by atoms with Gasteiger partial charge in [-0.2, -0.15) is 0 Å². The molecule has 0 amide bonds. The maximum atomic E-state index is 6.87. The summed E-state index contributed by atoms with van der Waals surface area (Å²) in [6.07, 6.45) is 0. The van der Waals surface area contributed by atoms with Crippen LogP contribution in [0.5, 0.6) is 0 Å². The van der Waals surface area contributed by atoms with E-state index in [1.54, 1.807) is 0 Å². The van der Waals surface area contributed by atoms with Crippen molar-refractivity contribution in [2.45, 2.75) is 0 Å². The third-order valence-corrected chi connectivity index (χ3v) is 13.1. The molecule has 0 saturated heterocycles. The fourth-order valence-corrected chi connectivity index (χ4v) is 10.2. The zero-order valence-corrected chi connectivity index (χ0v) is 34.3. The standard InChI is InChI=1S/C59H34N4O/c1-2-15-37-29-41(26-25-35(37)13-1)57-60-58(49-31-40-18-6-7-19-43(40)45-21-9-10-22-46(45)49)62-59(61-57)51-34-42(33-48-47-23-11-12-24-54(47)64-56(48)51)63-52-28-27-36-14-5-8-20-44(36)55(52)50-30-38-16-3-4-17-39(38)32-53(50)63/h1-34H. The Balaban J connectivity index is 1.11. The van der Waals surface area contributed by atoms with Crippen LogP contribution in [0.25, 0.3) is 137 Å². The minimum atomic E-state index is 0.535. The largest absolute Gasteiger partial charge is 0.455 e. The van der Waals surface area contributed by atoms with Gasteiger partial charge in [0.15, 0.2) is 17.5 Å². The van der Waals surface area contributed by atoms with Crippen LogP contribution in [0.15, 0.2) is 211 Å². The Morgan fingerprint density at radius 3 is 1.73 bits per heavy atom. The number of aromatic nitrogens is 4. The molecule has 5 heteroatoms. The van der Waals surface area contributed by atoms with Crippen LogP contribution in [0.4, 0.5) is 0 Å². The van der Waals surface area contributed by atoms with Gasteiger partial charge in [0, 0.05) is 38.4 Å². The van der Waals surface area contributed by atoms with Crippen molar-refractivity contribution in [3.63, 3.8) is 0 Å². The summed E-state index contributed by atoms with van der Waals surface area (Å²) in [7, 11) is 0. The van der Waals surface area contributed by atoms with E-state index in [0.29, 0.717) is 17.5 Å². The molecule has 0 radical (unpaired) electrons. The second-order valence-electron chi connectivity index (χ2n) is 16.8. The van der Waals surface area contributed by atoms with Crippen molar-refractivity contribution < 1.29 is 4.42 Å². The van der Waals surface area contributed by atoms with Crippen molar-refractivity contribution in [1.82, 2.24) is 19.5 Å². The first-order valence-corrected chi connectivity index (χ1v) is 21.7. The van der Waals surface area contributed by atoms with Crippen molar-refractivity contribution in [1.29, 1.82) is 0 Å². The summed E-state index contributed by atoms with van der Waals surface area (Å²) in [6, 6.07) is 73.4. The lowest BCUT2D eigenvalue weighted by molar-refractivity contribution is 0.669. The number of hydrogen-bond acceptors (Lipinski definition) is 4. The molecule has 0 unspecified atom stereocenters. The first kappa shape index (κ1) is 35.0. The average Bonchev–Trinajstić information content (AvgIpc) is 3.90. The zero-order chi connectivity index (χ0) is 41.9. The molecule has 14 aromatic rings. The summed E-state index contributed by atoms with van der Waals surface area (Å²) < 4.78 is 9.28. The van der Waals surface area contributed by atoms with Crippen LogP contribution in [0.2, 0.25) is 0 Å². The Kier molecular flexibility index (Phi) is 7.33. The van der Waals surface area contributed by atoms with Gasteiger partial charge in [0.25, 0.3) is 0 Å². The summed E-state index contributed by atoms with van der Waals surface area (Å²) >= 11 is 0. The average molecular weight is 815 g/mol. The molecule has 0 aliphatic rings. The van der Waals surface area contributed by atoms with Gasteiger partial charge < -0.3 is 8.98 Å². The molecule has 0 N–H and O–H groups in total. The van der Waals surface area contributed by atoms with Crippen LogP contribution in [-0.2, 0) is 0 Å². The molecule has 0 atom stereocenters. The van der Waals surface area contributed by atoms with Crippen LogP contribution in [0.1, 0.15) is 0 Å². The number of nitrogens with zero attached hydrogens (tertiary/aromatic N) is 4. The van der Waals surface area contributed by atoms with E-state index in [4.69, 9.17) is 19.4 Å². The van der Waals surface area contributed by atoms with Gasteiger partial charge in [-0.3, -0.25) is 0 Å². The van der Waals surface area contributed by atoms with Gasteiger partial charge in [-0.25, -0.2) is 15.0 Å². The fourth-order valence-electron chi connectivity index (χ4n) is 10.2. The van der Waals surface area contributed by atoms with Crippen molar-refractivity contribution in [2.75, 3.05) is 0 Å². The molecule has 0 spiro atoms. The first-order valence-electron chi connectivity index (χ1n) is 21.7. The Bertz CT molecular complexity index is 4270. The maximum Gasteiger partial charge on any atom is 0.167 e. The Hall–Kier alpha value is -8.67. The minimum absolute atomic E-state index is 0.535. The van der Waals surface area contributed by atoms with E-state index in [1.807, 2.05) is 12.1 Å². The Morgan fingerprint density at radius 1 is 0.328 bits per heavy atom. The van der Waals surface area contributed by atoms with Gasteiger partial charge in [-0.05, 0) is 102 Å². The highest BCUT2D eigenvalue weighted by Crippen LogP contribution is 2.43. The van der Waals surface area contributed by atoms with E-state index in [-0.39, 0.29) is 0 Å².